The SMILES string of the molecule is CC(C)(C)OC(=O)N[C@@H](C(=O)O)c1cc2ccccc2o1. The highest BCUT2D eigenvalue weighted by atomic mass is 16.6. The van der Waals surface area contributed by atoms with Gasteiger partial charge in [0.1, 0.15) is 16.9 Å². The van der Waals surface area contributed by atoms with Crippen LogP contribution in [0.25, 0.3) is 11.0 Å². The van der Waals surface area contributed by atoms with E-state index in [4.69, 9.17) is 9.15 Å². The first-order valence-electron chi connectivity index (χ1n) is 6.47. The molecule has 0 aliphatic carbocycles. The van der Waals surface area contributed by atoms with Gasteiger partial charge in [-0.3, -0.25) is 0 Å². The summed E-state index contributed by atoms with van der Waals surface area (Å²) in [6.45, 7) is 5.09. The summed E-state index contributed by atoms with van der Waals surface area (Å²) >= 11 is 0. The second kappa shape index (κ2) is 5.47. The maximum atomic E-state index is 11.7. The molecule has 2 rings (SSSR count). The Labute approximate surface area is 121 Å². The number of furan rings is 1. The van der Waals surface area contributed by atoms with E-state index in [2.05, 4.69) is 5.32 Å². The Morgan fingerprint density at radius 3 is 2.52 bits per heavy atom. The van der Waals surface area contributed by atoms with Gasteiger partial charge in [0.25, 0.3) is 0 Å². The summed E-state index contributed by atoms with van der Waals surface area (Å²) in [5.74, 6) is -1.07. The Hall–Kier alpha value is -2.50. The molecule has 1 aromatic heterocycles. The van der Waals surface area contributed by atoms with Gasteiger partial charge in [-0.05, 0) is 32.9 Å². The lowest BCUT2D eigenvalue weighted by molar-refractivity contribution is -0.140. The van der Waals surface area contributed by atoms with Crippen LogP contribution in [0, 0.1) is 0 Å². The molecule has 6 heteroatoms. The van der Waals surface area contributed by atoms with Crippen molar-refractivity contribution < 1.29 is 23.8 Å². The first-order valence-corrected chi connectivity index (χ1v) is 6.47. The topological polar surface area (TPSA) is 88.8 Å². The lowest BCUT2D eigenvalue weighted by Gasteiger charge is -2.21. The average Bonchev–Trinajstić information content (AvgIpc) is 2.76. The third-order valence-electron chi connectivity index (χ3n) is 2.64. The largest absolute Gasteiger partial charge is 0.479 e. The zero-order chi connectivity index (χ0) is 15.6. The molecule has 0 fully saturated rings. The quantitative estimate of drug-likeness (QED) is 0.907. The Bertz CT molecular complexity index is 635. The van der Waals surface area contributed by atoms with Crippen LogP contribution >= 0.6 is 0 Å². The maximum Gasteiger partial charge on any atom is 0.408 e. The number of fused-ring (bicyclic) bond motifs is 1. The van der Waals surface area contributed by atoms with Gasteiger partial charge in [-0.25, -0.2) is 9.59 Å². The molecule has 0 unspecified atom stereocenters. The highest BCUT2D eigenvalue weighted by Gasteiger charge is 2.28. The molecule has 0 spiro atoms. The van der Waals surface area contributed by atoms with Gasteiger partial charge in [0, 0.05) is 5.39 Å². The summed E-state index contributed by atoms with van der Waals surface area (Å²) in [5.41, 5.74) is -0.147. The monoisotopic (exact) mass is 291 g/mol. The summed E-state index contributed by atoms with van der Waals surface area (Å²) < 4.78 is 10.5. The summed E-state index contributed by atoms with van der Waals surface area (Å²) in [5, 5.41) is 12.3. The fraction of sp³-hybridized carbons (Fsp3) is 0.333. The second-order valence-corrected chi connectivity index (χ2v) is 5.60. The van der Waals surface area contributed by atoms with Crippen LogP contribution in [0.4, 0.5) is 4.79 Å². The molecule has 0 bridgehead atoms. The van der Waals surface area contributed by atoms with E-state index in [1.807, 2.05) is 6.07 Å². The van der Waals surface area contributed by atoms with Crippen molar-refractivity contribution in [3.8, 4) is 0 Å². The van der Waals surface area contributed by atoms with E-state index in [1.165, 1.54) is 0 Å². The van der Waals surface area contributed by atoms with Crippen LogP contribution in [0.15, 0.2) is 34.7 Å². The second-order valence-electron chi connectivity index (χ2n) is 5.60. The smallest absolute Gasteiger partial charge is 0.408 e. The van der Waals surface area contributed by atoms with E-state index in [-0.39, 0.29) is 5.76 Å². The molecule has 0 saturated heterocycles. The van der Waals surface area contributed by atoms with E-state index < -0.39 is 23.7 Å². The van der Waals surface area contributed by atoms with Crippen LogP contribution in [-0.2, 0) is 9.53 Å². The first kappa shape index (κ1) is 14.9. The number of amides is 1. The molecule has 6 nitrogen and oxygen atoms in total. The number of carbonyl (C=O) groups excluding carboxylic acids is 1. The van der Waals surface area contributed by atoms with Gasteiger partial charge >= 0.3 is 12.1 Å². The molecule has 0 aliphatic rings. The number of benzene rings is 1. The van der Waals surface area contributed by atoms with E-state index in [1.54, 1.807) is 45.0 Å². The highest BCUT2D eigenvalue weighted by molar-refractivity contribution is 5.84. The molecule has 1 aromatic carbocycles. The minimum absolute atomic E-state index is 0.148. The van der Waals surface area contributed by atoms with Crippen molar-refractivity contribution in [2.75, 3.05) is 0 Å². The standard InChI is InChI=1S/C15H17NO5/c1-15(2,3)21-14(19)16-12(13(17)18)11-8-9-6-4-5-7-10(9)20-11/h4-8,12H,1-3H3,(H,16,19)(H,17,18)/t12-/m1/s1. The fourth-order valence-electron chi connectivity index (χ4n) is 1.82. The zero-order valence-corrected chi connectivity index (χ0v) is 12.0. The minimum Gasteiger partial charge on any atom is -0.479 e. The Balaban J connectivity index is 2.23. The van der Waals surface area contributed by atoms with E-state index in [9.17, 15) is 14.7 Å². The predicted octanol–water partition coefficient (Wildman–Crippen LogP) is 3.08. The number of carboxylic acids is 1. The molecule has 112 valence electrons. The van der Waals surface area contributed by atoms with Gasteiger partial charge in [0.2, 0.25) is 0 Å². The number of hydrogen-bond donors (Lipinski definition) is 2. The number of alkyl carbamates (subject to hydrolysis) is 1. The lowest BCUT2D eigenvalue weighted by Crippen LogP contribution is -2.37. The Morgan fingerprint density at radius 2 is 1.95 bits per heavy atom. The normalized spacial score (nSPS) is 12.9. The molecule has 0 saturated carbocycles. The van der Waals surface area contributed by atoms with Crippen molar-refractivity contribution in [1.29, 1.82) is 0 Å². The molecule has 0 aliphatic heterocycles. The van der Waals surface area contributed by atoms with Crippen LogP contribution < -0.4 is 5.32 Å². The first-order chi connectivity index (χ1) is 9.76. The van der Waals surface area contributed by atoms with Crippen molar-refractivity contribution in [3.63, 3.8) is 0 Å². The average molecular weight is 291 g/mol. The number of aliphatic carboxylic acids is 1. The van der Waals surface area contributed by atoms with Crippen LogP contribution in [0.1, 0.15) is 32.6 Å². The third kappa shape index (κ3) is 3.75. The van der Waals surface area contributed by atoms with Crippen molar-refractivity contribution in [1.82, 2.24) is 5.32 Å². The van der Waals surface area contributed by atoms with E-state index in [0.717, 1.165) is 5.39 Å². The highest BCUT2D eigenvalue weighted by Crippen LogP contribution is 2.24. The van der Waals surface area contributed by atoms with Crippen molar-refractivity contribution >= 4 is 23.0 Å². The van der Waals surface area contributed by atoms with E-state index in [0.29, 0.717) is 5.58 Å². The molecule has 0 radical (unpaired) electrons. The number of hydrogen-bond acceptors (Lipinski definition) is 4. The van der Waals surface area contributed by atoms with Crippen molar-refractivity contribution in [2.45, 2.75) is 32.4 Å². The molecule has 1 amide bonds. The van der Waals surface area contributed by atoms with Gasteiger partial charge in [-0.15, -0.1) is 0 Å². The molecule has 2 N–H and O–H groups in total. The number of nitrogens with one attached hydrogen (secondary N) is 1. The number of ether oxygens (including phenoxy) is 1. The van der Waals surface area contributed by atoms with Gasteiger partial charge in [0.05, 0.1) is 0 Å². The molecule has 1 heterocycles. The van der Waals surface area contributed by atoms with Crippen molar-refractivity contribution in [3.05, 3.63) is 36.1 Å². The molecule has 1 atom stereocenters. The third-order valence-corrected chi connectivity index (χ3v) is 2.64. The predicted molar refractivity (Wildman–Crippen MR) is 76.0 cm³/mol. The minimum atomic E-state index is -1.30. The summed E-state index contributed by atoms with van der Waals surface area (Å²) in [6.07, 6.45) is -0.810. The number of carboxylic acid groups (broad SMARTS) is 1. The number of carbonyl (C=O) groups is 2. The Morgan fingerprint density at radius 1 is 1.29 bits per heavy atom. The molecule has 2 aromatic rings. The number of rotatable bonds is 3. The summed E-state index contributed by atoms with van der Waals surface area (Å²) in [6, 6.07) is 7.42. The van der Waals surface area contributed by atoms with Gasteiger partial charge in [-0.2, -0.15) is 0 Å². The van der Waals surface area contributed by atoms with E-state index >= 15 is 0 Å². The maximum absolute atomic E-state index is 11.7. The van der Waals surface area contributed by atoms with Gasteiger partial charge in [0.15, 0.2) is 6.04 Å². The van der Waals surface area contributed by atoms with Crippen molar-refractivity contribution in [2.24, 2.45) is 0 Å². The van der Waals surface area contributed by atoms with Crippen LogP contribution in [0.5, 0.6) is 0 Å². The lowest BCUT2D eigenvalue weighted by atomic mass is 10.2. The Kier molecular flexibility index (Phi) is 3.88. The van der Waals surface area contributed by atoms with Gasteiger partial charge in [-0.1, -0.05) is 18.2 Å². The number of para-hydroxylation sites is 1. The molecular weight excluding hydrogens is 274 g/mol. The summed E-state index contributed by atoms with van der Waals surface area (Å²) in [7, 11) is 0. The zero-order valence-electron chi connectivity index (χ0n) is 12.0. The van der Waals surface area contributed by atoms with Crippen LogP contribution in [-0.4, -0.2) is 22.8 Å². The molecular formula is C15H17NO5. The van der Waals surface area contributed by atoms with Gasteiger partial charge < -0.3 is 19.6 Å². The van der Waals surface area contributed by atoms with Crippen LogP contribution in [0.2, 0.25) is 0 Å². The fourth-order valence-corrected chi connectivity index (χ4v) is 1.82. The van der Waals surface area contributed by atoms with Crippen LogP contribution in [0.3, 0.4) is 0 Å². The summed E-state index contributed by atoms with van der Waals surface area (Å²) in [4.78, 5) is 23.1. The molecule has 21 heavy (non-hydrogen) atoms.